The van der Waals surface area contributed by atoms with Crippen molar-refractivity contribution in [3.63, 3.8) is 0 Å². The predicted molar refractivity (Wildman–Crippen MR) is 92.7 cm³/mol. The summed E-state index contributed by atoms with van der Waals surface area (Å²) in [7, 11) is 4.26. The monoisotopic (exact) mass is 302 g/mol. The first-order valence-electron chi connectivity index (χ1n) is 7.45. The number of nitrogens with zero attached hydrogens (tertiary/aromatic N) is 1. The average molecular weight is 302 g/mol. The van der Waals surface area contributed by atoms with E-state index in [0.29, 0.717) is 6.04 Å². The second-order valence-electron chi connectivity index (χ2n) is 6.42. The lowest BCUT2D eigenvalue weighted by atomic mass is 9.80. The molecule has 3 heteroatoms. The van der Waals surface area contributed by atoms with Crippen LogP contribution in [0.3, 0.4) is 0 Å². The molecule has 2 aromatic rings. The van der Waals surface area contributed by atoms with Crippen molar-refractivity contribution >= 4 is 11.3 Å². The third-order valence-electron chi connectivity index (χ3n) is 3.91. The van der Waals surface area contributed by atoms with Gasteiger partial charge in [0.15, 0.2) is 0 Å². The van der Waals surface area contributed by atoms with Gasteiger partial charge in [-0.25, -0.2) is 0 Å². The summed E-state index contributed by atoms with van der Waals surface area (Å²) in [5, 5.41) is 7.88. The van der Waals surface area contributed by atoms with Crippen molar-refractivity contribution in [2.24, 2.45) is 5.41 Å². The van der Waals surface area contributed by atoms with Crippen molar-refractivity contribution in [3.8, 4) is 0 Å². The molecule has 0 bridgehead atoms. The molecule has 0 aliphatic rings. The number of rotatable bonds is 7. The summed E-state index contributed by atoms with van der Waals surface area (Å²) >= 11 is 1.77. The topological polar surface area (TPSA) is 15.3 Å². The zero-order chi connectivity index (χ0) is 15.3. The average Bonchev–Trinajstić information content (AvgIpc) is 2.92. The SMILES string of the molecule is CNC(c1ccccc1)C(C)(C)CN(C)Cc1ccsc1. The highest BCUT2D eigenvalue weighted by Crippen LogP contribution is 2.34. The fourth-order valence-corrected chi connectivity index (χ4v) is 3.85. The molecule has 0 aliphatic carbocycles. The third-order valence-corrected chi connectivity index (χ3v) is 4.65. The Kier molecular flexibility index (Phi) is 5.57. The number of nitrogens with one attached hydrogen (secondary N) is 1. The van der Waals surface area contributed by atoms with Crippen LogP contribution in [0.4, 0.5) is 0 Å². The van der Waals surface area contributed by atoms with Crippen LogP contribution in [0.2, 0.25) is 0 Å². The molecule has 21 heavy (non-hydrogen) atoms. The van der Waals surface area contributed by atoms with Crippen molar-refractivity contribution in [2.45, 2.75) is 26.4 Å². The Morgan fingerprint density at radius 2 is 1.90 bits per heavy atom. The van der Waals surface area contributed by atoms with Gasteiger partial charge in [-0.05, 0) is 47.5 Å². The standard InChI is InChI=1S/C18H26N2S/c1-18(2,14-20(4)12-15-10-11-21-13-15)17(19-3)16-8-6-5-7-9-16/h5-11,13,17,19H,12,14H2,1-4H3. The van der Waals surface area contributed by atoms with Gasteiger partial charge < -0.3 is 10.2 Å². The lowest BCUT2D eigenvalue weighted by Gasteiger charge is -2.37. The Hall–Kier alpha value is -1.16. The van der Waals surface area contributed by atoms with Crippen LogP contribution in [0, 0.1) is 5.41 Å². The fraction of sp³-hybridized carbons (Fsp3) is 0.444. The van der Waals surface area contributed by atoms with Crippen LogP contribution >= 0.6 is 11.3 Å². The van der Waals surface area contributed by atoms with Crippen LogP contribution in [-0.4, -0.2) is 25.5 Å². The molecule has 0 fully saturated rings. The summed E-state index contributed by atoms with van der Waals surface area (Å²) in [5.74, 6) is 0. The van der Waals surface area contributed by atoms with E-state index in [1.807, 2.05) is 0 Å². The molecule has 0 radical (unpaired) electrons. The van der Waals surface area contributed by atoms with E-state index in [1.54, 1.807) is 11.3 Å². The Morgan fingerprint density at radius 1 is 1.19 bits per heavy atom. The Balaban J connectivity index is 2.05. The minimum atomic E-state index is 0.154. The van der Waals surface area contributed by atoms with Gasteiger partial charge in [0.1, 0.15) is 0 Å². The maximum atomic E-state index is 3.50. The van der Waals surface area contributed by atoms with E-state index < -0.39 is 0 Å². The molecule has 1 aromatic carbocycles. The molecule has 1 atom stereocenters. The first-order valence-corrected chi connectivity index (χ1v) is 8.39. The Morgan fingerprint density at radius 3 is 2.48 bits per heavy atom. The molecule has 0 amide bonds. The number of thiophene rings is 1. The van der Waals surface area contributed by atoms with E-state index in [-0.39, 0.29) is 5.41 Å². The van der Waals surface area contributed by atoms with Crippen molar-refractivity contribution < 1.29 is 0 Å². The fourth-order valence-electron chi connectivity index (χ4n) is 3.19. The van der Waals surface area contributed by atoms with Crippen molar-refractivity contribution in [1.29, 1.82) is 0 Å². The third kappa shape index (κ3) is 4.40. The van der Waals surface area contributed by atoms with Crippen molar-refractivity contribution in [3.05, 3.63) is 58.3 Å². The van der Waals surface area contributed by atoms with E-state index in [9.17, 15) is 0 Å². The van der Waals surface area contributed by atoms with E-state index in [4.69, 9.17) is 0 Å². The quantitative estimate of drug-likeness (QED) is 0.826. The predicted octanol–water partition coefficient (Wildman–Crippen LogP) is 4.17. The van der Waals surface area contributed by atoms with Crippen LogP contribution in [0.25, 0.3) is 0 Å². The molecule has 1 unspecified atom stereocenters. The highest BCUT2D eigenvalue weighted by molar-refractivity contribution is 7.07. The minimum absolute atomic E-state index is 0.154. The smallest absolute Gasteiger partial charge is 0.0381 e. The lowest BCUT2D eigenvalue weighted by Crippen LogP contribution is -2.40. The van der Waals surface area contributed by atoms with Crippen LogP contribution in [-0.2, 0) is 6.54 Å². The largest absolute Gasteiger partial charge is 0.313 e. The van der Waals surface area contributed by atoms with Crippen LogP contribution < -0.4 is 5.32 Å². The van der Waals surface area contributed by atoms with Crippen LogP contribution in [0.15, 0.2) is 47.2 Å². The van der Waals surface area contributed by atoms with E-state index in [1.165, 1.54) is 11.1 Å². The zero-order valence-corrected chi connectivity index (χ0v) is 14.3. The molecular formula is C18H26N2S. The number of benzene rings is 1. The summed E-state index contributed by atoms with van der Waals surface area (Å²) in [6.07, 6.45) is 0. The maximum Gasteiger partial charge on any atom is 0.0381 e. The van der Waals surface area contributed by atoms with E-state index in [2.05, 4.69) is 85.3 Å². The lowest BCUT2D eigenvalue weighted by molar-refractivity contribution is 0.157. The van der Waals surface area contributed by atoms with Crippen molar-refractivity contribution in [2.75, 3.05) is 20.6 Å². The number of hydrogen-bond acceptors (Lipinski definition) is 3. The highest BCUT2D eigenvalue weighted by Gasteiger charge is 2.30. The number of hydrogen-bond donors (Lipinski definition) is 1. The molecular weight excluding hydrogens is 276 g/mol. The molecule has 2 nitrogen and oxygen atoms in total. The van der Waals surface area contributed by atoms with Crippen LogP contribution in [0.1, 0.15) is 31.0 Å². The maximum absolute atomic E-state index is 3.50. The minimum Gasteiger partial charge on any atom is -0.313 e. The Labute approximate surface area is 132 Å². The van der Waals surface area contributed by atoms with Gasteiger partial charge >= 0.3 is 0 Å². The first-order chi connectivity index (χ1) is 10.0. The normalized spacial score (nSPS) is 13.6. The molecule has 1 heterocycles. The molecule has 2 rings (SSSR count). The summed E-state index contributed by atoms with van der Waals surface area (Å²) in [6, 6.07) is 13.3. The van der Waals surface area contributed by atoms with E-state index in [0.717, 1.165) is 13.1 Å². The first kappa shape index (κ1) is 16.2. The molecule has 1 N–H and O–H groups in total. The molecule has 0 aliphatic heterocycles. The molecule has 114 valence electrons. The second-order valence-corrected chi connectivity index (χ2v) is 7.20. The highest BCUT2D eigenvalue weighted by atomic mass is 32.1. The molecule has 0 saturated carbocycles. The van der Waals surface area contributed by atoms with Gasteiger partial charge in [0, 0.05) is 19.1 Å². The molecule has 1 aromatic heterocycles. The van der Waals surface area contributed by atoms with Crippen LogP contribution in [0.5, 0.6) is 0 Å². The van der Waals surface area contributed by atoms with Gasteiger partial charge in [-0.15, -0.1) is 0 Å². The summed E-state index contributed by atoms with van der Waals surface area (Å²) in [5.41, 5.74) is 2.91. The van der Waals surface area contributed by atoms with E-state index >= 15 is 0 Å². The summed E-state index contributed by atoms with van der Waals surface area (Å²) in [4.78, 5) is 2.41. The van der Waals surface area contributed by atoms with Crippen molar-refractivity contribution in [1.82, 2.24) is 10.2 Å². The van der Waals surface area contributed by atoms with Gasteiger partial charge in [0.05, 0.1) is 0 Å². The zero-order valence-electron chi connectivity index (χ0n) is 13.5. The van der Waals surface area contributed by atoms with Gasteiger partial charge in [0.2, 0.25) is 0 Å². The second kappa shape index (κ2) is 7.21. The Bertz CT molecular complexity index is 519. The van der Waals surface area contributed by atoms with Gasteiger partial charge in [-0.1, -0.05) is 44.2 Å². The summed E-state index contributed by atoms with van der Waals surface area (Å²) in [6.45, 7) is 6.73. The molecule has 0 saturated heterocycles. The van der Waals surface area contributed by atoms with Gasteiger partial charge in [-0.3, -0.25) is 0 Å². The van der Waals surface area contributed by atoms with Gasteiger partial charge in [-0.2, -0.15) is 11.3 Å². The summed E-state index contributed by atoms with van der Waals surface area (Å²) < 4.78 is 0. The molecule has 0 spiro atoms. The van der Waals surface area contributed by atoms with Gasteiger partial charge in [0.25, 0.3) is 0 Å².